The number of benzene rings is 2. The topological polar surface area (TPSA) is 97.6 Å². The summed E-state index contributed by atoms with van der Waals surface area (Å²) in [4.78, 5) is 16.1. The van der Waals surface area contributed by atoms with Crippen molar-refractivity contribution < 1.29 is 32.5 Å². The Kier molecular flexibility index (Phi) is 4.00. The van der Waals surface area contributed by atoms with E-state index in [1.807, 2.05) is 18.2 Å². The van der Waals surface area contributed by atoms with Crippen molar-refractivity contribution in [2.45, 2.75) is 37.4 Å². The molecule has 5 rings (SSSR count). The molecule has 32 heavy (non-hydrogen) atoms. The predicted octanol–water partition coefficient (Wildman–Crippen LogP) is 3.71. The summed E-state index contributed by atoms with van der Waals surface area (Å²) >= 11 is 0. The van der Waals surface area contributed by atoms with Gasteiger partial charge in [0.1, 0.15) is 5.82 Å². The van der Waals surface area contributed by atoms with Crippen molar-refractivity contribution in [1.82, 2.24) is 4.98 Å². The number of carbonyl (C=O) groups is 1. The third-order valence-electron chi connectivity index (χ3n) is 7.10. The maximum atomic E-state index is 15.3. The molecule has 1 aliphatic carbocycles. The van der Waals surface area contributed by atoms with Gasteiger partial charge < -0.3 is 25.3 Å². The number of alkyl halides is 2. The molecule has 3 aromatic rings. The highest BCUT2D eigenvalue weighted by Crippen LogP contribution is 2.73. The zero-order valence-electron chi connectivity index (χ0n) is 17.3. The van der Waals surface area contributed by atoms with E-state index in [1.165, 1.54) is 0 Å². The fourth-order valence-corrected chi connectivity index (χ4v) is 5.42. The van der Waals surface area contributed by atoms with Crippen LogP contribution in [0.5, 0.6) is 11.5 Å². The lowest BCUT2D eigenvalue weighted by Crippen LogP contribution is -2.45. The number of hydrogen-bond donors (Lipinski definition) is 3. The summed E-state index contributed by atoms with van der Waals surface area (Å²) in [5, 5.41) is 11.1. The highest BCUT2D eigenvalue weighted by atomic mass is 19.3. The van der Waals surface area contributed by atoms with Crippen LogP contribution in [-0.2, 0) is 15.6 Å². The number of H-pyrrole nitrogens is 1. The highest BCUT2D eigenvalue weighted by molar-refractivity contribution is 5.95. The number of aliphatic hydroxyl groups excluding tert-OH is 1. The Hall–Kier alpha value is -3.20. The van der Waals surface area contributed by atoms with Crippen LogP contribution in [0.4, 0.5) is 13.2 Å². The van der Waals surface area contributed by atoms with Crippen LogP contribution in [0.15, 0.2) is 42.6 Å². The lowest BCUT2D eigenvalue weighted by atomic mass is 9.65. The fourth-order valence-electron chi connectivity index (χ4n) is 5.42. The number of rotatable bonds is 5. The number of ether oxygens (including phenoxy) is 2. The van der Waals surface area contributed by atoms with Gasteiger partial charge in [-0.1, -0.05) is 19.9 Å². The molecule has 2 aromatic carbocycles. The minimum absolute atomic E-state index is 0.0891. The van der Waals surface area contributed by atoms with Crippen LogP contribution in [0.1, 0.15) is 31.4 Å². The average molecular weight is 446 g/mol. The summed E-state index contributed by atoms with van der Waals surface area (Å²) in [6.07, 6.45) is -2.08. The molecule has 168 valence electrons. The van der Waals surface area contributed by atoms with E-state index in [9.17, 15) is 18.7 Å². The lowest BCUT2D eigenvalue weighted by Gasteiger charge is -2.38. The van der Waals surface area contributed by atoms with E-state index in [0.29, 0.717) is 5.56 Å². The maximum Gasteiger partial charge on any atom is 0.586 e. The number of aliphatic hydroxyl groups is 1. The number of aromatic nitrogens is 1. The number of hydrogen-bond acceptors (Lipinski definition) is 4. The summed E-state index contributed by atoms with van der Waals surface area (Å²) in [6.45, 7) is 3.20. The smallest absolute Gasteiger partial charge is 0.396 e. The van der Waals surface area contributed by atoms with Crippen LogP contribution in [0.25, 0.3) is 10.9 Å². The molecule has 0 saturated heterocycles. The van der Waals surface area contributed by atoms with E-state index in [1.54, 1.807) is 26.1 Å². The number of fused-ring (bicyclic) bond motifs is 2. The molecule has 0 radical (unpaired) electrons. The van der Waals surface area contributed by atoms with E-state index in [0.717, 1.165) is 23.0 Å². The van der Waals surface area contributed by atoms with Gasteiger partial charge in [-0.2, -0.15) is 0 Å². The molecule has 1 saturated carbocycles. The van der Waals surface area contributed by atoms with Crippen LogP contribution in [-0.4, -0.2) is 28.9 Å². The van der Waals surface area contributed by atoms with Gasteiger partial charge in [0.15, 0.2) is 11.5 Å². The van der Waals surface area contributed by atoms with Gasteiger partial charge >= 0.3 is 6.29 Å². The quantitative estimate of drug-likeness (QED) is 0.557. The molecule has 6 nitrogen and oxygen atoms in total. The monoisotopic (exact) mass is 446 g/mol. The molecule has 9 heteroatoms. The second-order valence-electron chi connectivity index (χ2n) is 9.12. The Labute approximate surface area is 181 Å². The van der Waals surface area contributed by atoms with Gasteiger partial charge in [0.25, 0.3) is 0 Å². The Morgan fingerprint density at radius 3 is 2.53 bits per heavy atom. The summed E-state index contributed by atoms with van der Waals surface area (Å²) in [5.41, 5.74) is 3.66. The molecule has 0 spiro atoms. The number of aromatic amines is 1. The second kappa shape index (κ2) is 6.19. The molecule has 1 fully saturated rings. The first kappa shape index (κ1) is 20.7. The van der Waals surface area contributed by atoms with Crippen molar-refractivity contribution in [1.29, 1.82) is 0 Å². The minimum atomic E-state index is -3.93. The van der Waals surface area contributed by atoms with Crippen molar-refractivity contribution in [3.63, 3.8) is 0 Å². The van der Waals surface area contributed by atoms with Crippen molar-refractivity contribution in [2.24, 2.45) is 11.1 Å². The van der Waals surface area contributed by atoms with E-state index in [4.69, 9.17) is 5.73 Å². The van der Waals surface area contributed by atoms with E-state index in [2.05, 4.69) is 14.5 Å². The van der Waals surface area contributed by atoms with Crippen LogP contribution in [0.2, 0.25) is 0 Å². The van der Waals surface area contributed by atoms with Gasteiger partial charge in [-0.3, -0.25) is 4.79 Å². The summed E-state index contributed by atoms with van der Waals surface area (Å²) < 4.78 is 51.2. The third-order valence-corrected chi connectivity index (χ3v) is 7.10. The molecule has 2 unspecified atom stereocenters. The third kappa shape index (κ3) is 2.48. The number of amides is 1. The lowest BCUT2D eigenvalue weighted by molar-refractivity contribution is -0.286. The average Bonchev–Trinajstić information content (AvgIpc) is 3.08. The van der Waals surface area contributed by atoms with E-state index < -0.39 is 40.0 Å². The fraction of sp³-hybridized carbons (Fsp3) is 0.348. The summed E-state index contributed by atoms with van der Waals surface area (Å²) in [5.74, 6) is -2.58. The van der Waals surface area contributed by atoms with Gasteiger partial charge in [-0.05, 0) is 47.1 Å². The van der Waals surface area contributed by atoms with Crippen molar-refractivity contribution in [3.8, 4) is 11.5 Å². The SMILES string of the molecule is CC(C)(CO)C1(c2ccc3[nH]ccc3c2)CC1(C(N)=O)c1cc2c(cc1F)OC(F)(F)O2. The van der Waals surface area contributed by atoms with Crippen LogP contribution < -0.4 is 15.2 Å². The van der Waals surface area contributed by atoms with Gasteiger partial charge in [0.05, 0.1) is 5.41 Å². The molecule has 2 aliphatic rings. The predicted molar refractivity (Wildman–Crippen MR) is 109 cm³/mol. The Morgan fingerprint density at radius 2 is 1.88 bits per heavy atom. The molecular formula is C23H21F3N2O4. The van der Waals surface area contributed by atoms with Crippen LogP contribution >= 0.6 is 0 Å². The maximum absolute atomic E-state index is 15.3. The zero-order valence-corrected chi connectivity index (χ0v) is 17.3. The second-order valence-corrected chi connectivity index (χ2v) is 9.12. The molecule has 0 bridgehead atoms. The largest absolute Gasteiger partial charge is 0.586 e. The van der Waals surface area contributed by atoms with Crippen LogP contribution in [0, 0.1) is 11.2 Å². The Bertz CT molecular complexity index is 1270. The first-order valence-electron chi connectivity index (χ1n) is 10.1. The number of carbonyl (C=O) groups excluding carboxylic acids is 1. The van der Waals surface area contributed by atoms with E-state index in [-0.39, 0.29) is 24.3 Å². The standard InChI is InChI=1S/C23H21F3N2O4/c1-20(2,11-29)22(13-3-4-16-12(7-13)5-6-28-16)10-21(22,19(27)30)14-8-17-18(9-15(14)24)32-23(25,26)31-17/h3-9,28-29H,10-11H2,1-2H3,(H2,27,30). The van der Waals surface area contributed by atoms with Gasteiger partial charge in [0, 0.05) is 35.4 Å². The molecule has 2 heterocycles. The Morgan fingerprint density at radius 1 is 1.19 bits per heavy atom. The molecule has 1 aromatic heterocycles. The molecule has 4 N–H and O–H groups in total. The van der Waals surface area contributed by atoms with Crippen molar-refractivity contribution in [2.75, 3.05) is 6.61 Å². The van der Waals surface area contributed by atoms with Crippen molar-refractivity contribution in [3.05, 3.63) is 59.5 Å². The first-order valence-corrected chi connectivity index (χ1v) is 10.1. The minimum Gasteiger partial charge on any atom is -0.396 e. The molecule has 1 amide bonds. The highest BCUT2D eigenvalue weighted by Gasteiger charge is 2.78. The summed E-state index contributed by atoms with van der Waals surface area (Å²) in [6, 6.07) is 9.20. The zero-order chi connectivity index (χ0) is 23.1. The van der Waals surface area contributed by atoms with E-state index >= 15 is 4.39 Å². The number of primary amides is 1. The summed E-state index contributed by atoms with van der Waals surface area (Å²) in [7, 11) is 0. The molecular weight excluding hydrogens is 425 g/mol. The first-order chi connectivity index (χ1) is 15.0. The van der Waals surface area contributed by atoms with Crippen molar-refractivity contribution >= 4 is 16.8 Å². The molecule has 2 atom stereocenters. The Balaban J connectivity index is 1.75. The normalized spacial score (nSPS) is 25.8. The van der Waals surface area contributed by atoms with Gasteiger partial charge in [-0.15, -0.1) is 8.78 Å². The molecule has 1 aliphatic heterocycles. The van der Waals surface area contributed by atoms with Gasteiger partial charge in [0.2, 0.25) is 5.91 Å². The van der Waals surface area contributed by atoms with Gasteiger partial charge in [-0.25, -0.2) is 4.39 Å². The number of nitrogens with two attached hydrogens (primary N) is 1. The number of halogens is 3. The number of nitrogens with one attached hydrogen (secondary N) is 1. The van der Waals surface area contributed by atoms with Crippen LogP contribution in [0.3, 0.4) is 0 Å².